The largest absolute Gasteiger partial charge is 0.361 e. The first-order valence-corrected chi connectivity index (χ1v) is 8.56. The fourth-order valence-corrected chi connectivity index (χ4v) is 3.28. The van der Waals surface area contributed by atoms with Crippen molar-refractivity contribution in [2.75, 3.05) is 26.2 Å². The van der Waals surface area contributed by atoms with E-state index in [4.69, 9.17) is 4.52 Å². The molecule has 138 valence electrons. The van der Waals surface area contributed by atoms with Gasteiger partial charge in [0, 0.05) is 55.5 Å². The van der Waals surface area contributed by atoms with Crippen molar-refractivity contribution < 1.29 is 14.2 Å². The van der Waals surface area contributed by atoms with Gasteiger partial charge < -0.3 is 9.42 Å². The van der Waals surface area contributed by atoms with Crippen LogP contribution in [0.15, 0.2) is 22.7 Å². The third-order valence-electron chi connectivity index (χ3n) is 4.95. The fourth-order valence-electron chi connectivity index (χ4n) is 3.28. The van der Waals surface area contributed by atoms with Gasteiger partial charge in [-0.05, 0) is 26.8 Å². The lowest BCUT2D eigenvalue weighted by molar-refractivity contribution is -0.385. The van der Waals surface area contributed by atoms with E-state index in [1.54, 1.807) is 24.0 Å². The molecule has 1 aliphatic rings. The van der Waals surface area contributed by atoms with E-state index in [9.17, 15) is 14.9 Å². The summed E-state index contributed by atoms with van der Waals surface area (Å²) in [4.78, 5) is 27.4. The molecule has 1 aromatic carbocycles. The topological polar surface area (TPSA) is 92.7 Å². The van der Waals surface area contributed by atoms with Crippen LogP contribution in [0.4, 0.5) is 5.69 Å². The van der Waals surface area contributed by atoms with E-state index in [1.165, 1.54) is 6.07 Å². The molecule has 0 spiro atoms. The number of aromatic nitrogens is 1. The van der Waals surface area contributed by atoms with Gasteiger partial charge in [-0.3, -0.25) is 19.8 Å². The average molecular weight is 358 g/mol. The third kappa shape index (κ3) is 3.45. The van der Waals surface area contributed by atoms with Crippen LogP contribution in [0, 0.1) is 30.9 Å². The van der Waals surface area contributed by atoms with Crippen molar-refractivity contribution in [1.29, 1.82) is 0 Å². The monoisotopic (exact) mass is 358 g/mol. The highest BCUT2D eigenvalue weighted by atomic mass is 16.6. The van der Waals surface area contributed by atoms with E-state index in [1.807, 2.05) is 13.8 Å². The Morgan fingerprint density at radius 2 is 1.92 bits per heavy atom. The van der Waals surface area contributed by atoms with Crippen LogP contribution in [-0.2, 0) is 6.54 Å². The molecule has 1 amide bonds. The highest BCUT2D eigenvalue weighted by Crippen LogP contribution is 2.23. The zero-order valence-corrected chi connectivity index (χ0v) is 15.2. The molecule has 26 heavy (non-hydrogen) atoms. The molecule has 0 unspecified atom stereocenters. The SMILES string of the molecule is Cc1noc(C)c1CN1CCN(C(=O)c2cccc([N+](=O)[O-])c2C)CC1. The lowest BCUT2D eigenvalue weighted by atomic mass is 10.1. The number of hydrogen-bond acceptors (Lipinski definition) is 6. The Bertz CT molecular complexity index is 818. The normalized spacial score (nSPS) is 15.3. The third-order valence-corrected chi connectivity index (χ3v) is 4.95. The van der Waals surface area contributed by atoms with Crippen molar-refractivity contribution in [3.05, 3.63) is 56.5 Å². The van der Waals surface area contributed by atoms with Crippen molar-refractivity contribution in [1.82, 2.24) is 15.0 Å². The molecule has 8 nitrogen and oxygen atoms in total. The maximum absolute atomic E-state index is 12.8. The summed E-state index contributed by atoms with van der Waals surface area (Å²) >= 11 is 0. The van der Waals surface area contributed by atoms with E-state index >= 15 is 0 Å². The van der Waals surface area contributed by atoms with E-state index in [-0.39, 0.29) is 11.6 Å². The van der Waals surface area contributed by atoms with Crippen molar-refractivity contribution in [2.45, 2.75) is 27.3 Å². The number of benzene rings is 1. The second-order valence-electron chi connectivity index (χ2n) is 6.58. The van der Waals surface area contributed by atoms with Gasteiger partial charge >= 0.3 is 0 Å². The lowest BCUT2D eigenvalue weighted by Crippen LogP contribution is -2.48. The minimum Gasteiger partial charge on any atom is -0.361 e. The van der Waals surface area contributed by atoms with Gasteiger partial charge in [0.05, 0.1) is 10.6 Å². The summed E-state index contributed by atoms with van der Waals surface area (Å²) in [5.74, 6) is 0.677. The molecule has 0 atom stereocenters. The molecule has 0 N–H and O–H groups in total. The summed E-state index contributed by atoms with van der Waals surface area (Å²) in [6.45, 7) is 8.86. The van der Waals surface area contributed by atoms with E-state index in [0.717, 1.165) is 36.7 Å². The van der Waals surface area contributed by atoms with E-state index in [0.29, 0.717) is 24.2 Å². The van der Waals surface area contributed by atoms with Crippen LogP contribution in [0.1, 0.15) is 32.9 Å². The number of carbonyl (C=O) groups is 1. The molecule has 8 heteroatoms. The zero-order chi connectivity index (χ0) is 18.8. The number of amides is 1. The van der Waals surface area contributed by atoms with Crippen LogP contribution in [-0.4, -0.2) is 52.0 Å². The van der Waals surface area contributed by atoms with Crippen LogP contribution in [0.25, 0.3) is 0 Å². The summed E-state index contributed by atoms with van der Waals surface area (Å²) < 4.78 is 5.20. The second-order valence-corrected chi connectivity index (χ2v) is 6.58. The molecule has 0 saturated carbocycles. The molecule has 0 aliphatic carbocycles. The summed E-state index contributed by atoms with van der Waals surface area (Å²) in [7, 11) is 0. The maximum atomic E-state index is 12.8. The number of carbonyl (C=O) groups excluding carboxylic acids is 1. The van der Waals surface area contributed by atoms with Gasteiger partial charge in [0.25, 0.3) is 11.6 Å². The molecule has 3 rings (SSSR count). The number of nitro benzene ring substituents is 1. The van der Waals surface area contributed by atoms with Crippen LogP contribution in [0.3, 0.4) is 0 Å². The smallest absolute Gasteiger partial charge is 0.273 e. The Labute approximate surface area is 151 Å². The first-order valence-electron chi connectivity index (χ1n) is 8.56. The quantitative estimate of drug-likeness (QED) is 0.616. The minimum atomic E-state index is -0.451. The molecule has 2 aromatic rings. The number of piperazine rings is 1. The fraction of sp³-hybridized carbons (Fsp3) is 0.444. The number of hydrogen-bond donors (Lipinski definition) is 0. The van der Waals surface area contributed by atoms with Gasteiger partial charge in [0.15, 0.2) is 0 Å². The molecule has 0 bridgehead atoms. The van der Waals surface area contributed by atoms with Gasteiger partial charge in [0.1, 0.15) is 5.76 Å². The summed E-state index contributed by atoms with van der Waals surface area (Å²) in [5.41, 5.74) is 2.79. The Morgan fingerprint density at radius 1 is 1.23 bits per heavy atom. The summed E-state index contributed by atoms with van der Waals surface area (Å²) in [5, 5.41) is 15.1. The van der Waals surface area contributed by atoms with Crippen molar-refractivity contribution >= 4 is 11.6 Å². The summed E-state index contributed by atoms with van der Waals surface area (Å²) in [6.07, 6.45) is 0. The van der Waals surface area contributed by atoms with E-state index < -0.39 is 4.92 Å². The van der Waals surface area contributed by atoms with Crippen molar-refractivity contribution in [3.63, 3.8) is 0 Å². The molecule has 1 aromatic heterocycles. The average Bonchev–Trinajstić information content (AvgIpc) is 2.94. The molecule has 0 radical (unpaired) electrons. The Balaban J connectivity index is 1.66. The number of nitrogens with zero attached hydrogens (tertiary/aromatic N) is 4. The zero-order valence-electron chi connectivity index (χ0n) is 15.2. The molecular weight excluding hydrogens is 336 g/mol. The predicted octanol–water partition coefficient (Wildman–Crippen LogP) is 2.47. The highest BCUT2D eigenvalue weighted by molar-refractivity contribution is 5.96. The Hall–Kier alpha value is -2.74. The van der Waals surface area contributed by atoms with Crippen LogP contribution in [0.2, 0.25) is 0 Å². The van der Waals surface area contributed by atoms with Gasteiger partial charge in [0.2, 0.25) is 0 Å². The number of aryl methyl sites for hydroxylation is 2. The van der Waals surface area contributed by atoms with Crippen LogP contribution in [0.5, 0.6) is 0 Å². The molecule has 2 heterocycles. The summed E-state index contributed by atoms with van der Waals surface area (Å²) in [6, 6.07) is 4.64. The van der Waals surface area contributed by atoms with Crippen LogP contribution >= 0.6 is 0 Å². The standard InChI is InChI=1S/C18H22N4O4/c1-12-15(5-4-6-17(12)22(24)25)18(23)21-9-7-20(8-10-21)11-16-13(2)19-26-14(16)3/h4-6H,7-11H2,1-3H3. The number of nitro groups is 1. The van der Waals surface area contributed by atoms with Crippen molar-refractivity contribution in [2.24, 2.45) is 0 Å². The second kappa shape index (κ2) is 7.25. The van der Waals surface area contributed by atoms with Crippen molar-refractivity contribution in [3.8, 4) is 0 Å². The molecule has 1 fully saturated rings. The van der Waals surface area contributed by atoms with Gasteiger partial charge in [-0.2, -0.15) is 0 Å². The first kappa shape index (κ1) is 18.1. The lowest BCUT2D eigenvalue weighted by Gasteiger charge is -2.34. The van der Waals surface area contributed by atoms with Gasteiger partial charge in [-0.1, -0.05) is 11.2 Å². The van der Waals surface area contributed by atoms with Gasteiger partial charge in [-0.25, -0.2) is 0 Å². The number of rotatable bonds is 4. The predicted molar refractivity (Wildman–Crippen MR) is 95.0 cm³/mol. The maximum Gasteiger partial charge on any atom is 0.273 e. The highest BCUT2D eigenvalue weighted by Gasteiger charge is 2.26. The van der Waals surface area contributed by atoms with Gasteiger partial charge in [-0.15, -0.1) is 0 Å². The van der Waals surface area contributed by atoms with Crippen LogP contribution < -0.4 is 0 Å². The Morgan fingerprint density at radius 3 is 2.50 bits per heavy atom. The Kier molecular flexibility index (Phi) is 5.03. The molecular formula is C18H22N4O4. The van der Waals surface area contributed by atoms with E-state index in [2.05, 4.69) is 10.1 Å². The minimum absolute atomic E-state index is 0.0205. The molecule has 1 saturated heterocycles. The molecule has 1 aliphatic heterocycles. The first-order chi connectivity index (χ1) is 12.4.